The minimum absolute atomic E-state index is 0.237. The third-order valence-electron chi connectivity index (χ3n) is 5.83. The molecule has 1 atom stereocenters. The molecule has 0 amide bonds. The summed E-state index contributed by atoms with van der Waals surface area (Å²) in [6, 6.07) is 14.5. The number of hydrogen-bond donors (Lipinski definition) is 0. The fourth-order valence-corrected chi connectivity index (χ4v) is 4.65. The largest absolute Gasteiger partial charge is 0.497 e. The van der Waals surface area contributed by atoms with E-state index in [2.05, 4.69) is 34.6 Å². The van der Waals surface area contributed by atoms with E-state index in [1.54, 1.807) is 14.2 Å². The lowest BCUT2D eigenvalue weighted by molar-refractivity contribution is 0.186. The van der Waals surface area contributed by atoms with Gasteiger partial charge < -0.3 is 9.47 Å². The van der Waals surface area contributed by atoms with Crippen LogP contribution < -0.4 is 9.47 Å². The summed E-state index contributed by atoms with van der Waals surface area (Å²) in [7, 11) is 3.41. The second kappa shape index (κ2) is 8.62. The maximum atomic E-state index is 5.82. The van der Waals surface area contributed by atoms with Crippen molar-refractivity contribution in [3.63, 3.8) is 0 Å². The van der Waals surface area contributed by atoms with Gasteiger partial charge in [0.05, 0.1) is 26.6 Å². The molecule has 6 nitrogen and oxygen atoms in total. The Balaban J connectivity index is 1.66. The first kappa shape index (κ1) is 20.6. The zero-order valence-electron chi connectivity index (χ0n) is 18.0. The molecule has 0 radical (unpaired) electrons. The van der Waals surface area contributed by atoms with E-state index >= 15 is 0 Å². The van der Waals surface area contributed by atoms with Crippen molar-refractivity contribution in [3.8, 4) is 17.2 Å². The maximum absolute atomic E-state index is 5.82. The molecule has 0 aliphatic carbocycles. The Labute approximate surface area is 182 Å². The number of ether oxygens (including phenoxy) is 2. The van der Waals surface area contributed by atoms with Gasteiger partial charge in [-0.3, -0.25) is 9.47 Å². The Bertz CT molecular complexity index is 1100. The molecule has 1 aromatic heterocycles. The van der Waals surface area contributed by atoms with Crippen molar-refractivity contribution >= 4 is 12.2 Å². The molecule has 4 rings (SSSR count). The van der Waals surface area contributed by atoms with Gasteiger partial charge in [-0.1, -0.05) is 18.2 Å². The van der Waals surface area contributed by atoms with Crippen LogP contribution in [0.15, 0.2) is 42.5 Å². The fourth-order valence-electron chi connectivity index (χ4n) is 4.32. The van der Waals surface area contributed by atoms with Crippen LogP contribution in [0.3, 0.4) is 0 Å². The molecule has 2 heterocycles. The van der Waals surface area contributed by atoms with Crippen molar-refractivity contribution in [2.45, 2.75) is 39.4 Å². The first-order valence-electron chi connectivity index (χ1n) is 10.2. The van der Waals surface area contributed by atoms with Crippen molar-refractivity contribution in [2.24, 2.45) is 0 Å². The summed E-state index contributed by atoms with van der Waals surface area (Å²) in [5.74, 6) is 2.62. The smallest absolute Gasteiger partial charge is 0.203 e. The molecule has 0 N–H and O–H groups in total. The Hall–Kier alpha value is -2.64. The van der Waals surface area contributed by atoms with Crippen LogP contribution in [0.5, 0.6) is 11.5 Å². The predicted molar refractivity (Wildman–Crippen MR) is 120 cm³/mol. The topological polar surface area (TPSA) is 44.5 Å². The van der Waals surface area contributed by atoms with Gasteiger partial charge in [0.15, 0.2) is 0 Å². The number of hydrogen-bond acceptors (Lipinski definition) is 5. The highest BCUT2D eigenvalue weighted by Gasteiger charge is 2.29. The van der Waals surface area contributed by atoms with E-state index < -0.39 is 0 Å². The van der Waals surface area contributed by atoms with Gasteiger partial charge in [0.25, 0.3) is 0 Å². The highest BCUT2D eigenvalue weighted by atomic mass is 32.1. The van der Waals surface area contributed by atoms with E-state index in [0.717, 1.165) is 48.0 Å². The van der Waals surface area contributed by atoms with Gasteiger partial charge >= 0.3 is 0 Å². The Kier molecular flexibility index (Phi) is 5.92. The number of nitrogens with zero attached hydrogens (tertiary/aromatic N) is 4. The Morgan fingerprint density at radius 1 is 1.10 bits per heavy atom. The Morgan fingerprint density at radius 2 is 1.90 bits per heavy atom. The van der Waals surface area contributed by atoms with Crippen LogP contribution in [0.2, 0.25) is 0 Å². The number of aryl methyl sites for hydroxylation is 2. The summed E-state index contributed by atoms with van der Waals surface area (Å²) in [6.07, 6.45) is 2.18. The normalized spacial score (nSPS) is 16.7. The van der Waals surface area contributed by atoms with Crippen molar-refractivity contribution in [1.29, 1.82) is 0 Å². The molecule has 30 heavy (non-hydrogen) atoms. The molecule has 1 aliphatic heterocycles. The van der Waals surface area contributed by atoms with Crippen LogP contribution in [-0.4, -0.2) is 40.0 Å². The third kappa shape index (κ3) is 3.75. The molecule has 0 bridgehead atoms. The minimum atomic E-state index is 0.237. The van der Waals surface area contributed by atoms with Gasteiger partial charge in [-0.05, 0) is 68.7 Å². The average molecular weight is 425 g/mol. The lowest BCUT2D eigenvalue weighted by Crippen LogP contribution is -2.27. The number of benzene rings is 2. The molecule has 1 saturated heterocycles. The van der Waals surface area contributed by atoms with E-state index in [1.165, 1.54) is 5.56 Å². The predicted octanol–water partition coefficient (Wildman–Crippen LogP) is 4.83. The van der Waals surface area contributed by atoms with Crippen LogP contribution in [0.4, 0.5) is 0 Å². The first-order chi connectivity index (χ1) is 14.5. The van der Waals surface area contributed by atoms with Crippen LogP contribution in [-0.2, 0) is 6.67 Å². The molecule has 0 spiro atoms. The van der Waals surface area contributed by atoms with Gasteiger partial charge in [-0.25, -0.2) is 4.68 Å². The summed E-state index contributed by atoms with van der Waals surface area (Å²) in [5.41, 5.74) is 3.41. The van der Waals surface area contributed by atoms with Gasteiger partial charge in [0.1, 0.15) is 17.3 Å². The zero-order chi connectivity index (χ0) is 21.3. The molecule has 1 aliphatic rings. The van der Waals surface area contributed by atoms with Crippen molar-refractivity contribution in [2.75, 3.05) is 20.8 Å². The van der Waals surface area contributed by atoms with E-state index in [4.69, 9.17) is 26.8 Å². The average Bonchev–Trinajstić information content (AvgIpc) is 3.32. The lowest BCUT2D eigenvalue weighted by Gasteiger charge is -2.26. The van der Waals surface area contributed by atoms with Crippen molar-refractivity contribution in [1.82, 2.24) is 19.2 Å². The summed E-state index contributed by atoms with van der Waals surface area (Å²) in [6.45, 7) is 5.73. The zero-order valence-corrected chi connectivity index (χ0v) is 18.8. The molecule has 0 saturated carbocycles. The van der Waals surface area contributed by atoms with Crippen molar-refractivity contribution in [3.05, 3.63) is 64.2 Å². The first-order valence-corrected chi connectivity index (χ1v) is 10.6. The van der Waals surface area contributed by atoms with Crippen molar-refractivity contribution < 1.29 is 9.47 Å². The maximum Gasteiger partial charge on any atom is 0.203 e. The van der Waals surface area contributed by atoms with E-state index in [-0.39, 0.29) is 6.04 Å². The summed E-state index contributed by atoms with van der Waals surface area (Å²) >= 11 is 5.82. The second-order valence-corrected chi connectivity index (χ2v) is 8.04. The molecule has 3 aromatic rings. The fraction of sp³-hybridized carbons (Fsp3) is 0.391. The van der Waals surface area contributed by atoms with Gasteiger partial charge in [0.2, 0.25) is 4.77 Å². The Morgan fingerprint density at radius 3 is 2.63 bits per heavy atom. The highest BCUT2D eigenvalue weighted by molar-refractivity contribution is 7.71. The SMILES string of the molecule is COc1ccc(OC)c(C2CCCN2Cn2nc(C)n(-c3ccccc3C)c2=S)c1. The second-order valence-electron chi connectivity index (χ2n) is 7.67. The molecule has 1 unspecified atom stereocenters. The summed E-state index contributed by atoms with van der Waals surface area (Å²) < 4.78 is 15.8. The van der Waals surface area contributed by atoms with Crippen LogP contribution in [0.1, 0.15) is 35.8 Å². The quantitative estimate of drug-likeness (QED) is 0.530. The van der Waals surface area contributed by atoms with Gasteiger partial charge in [-0.2, -0.15) is 5.10 Å². The number of aromatic nitrogens is 3. The lowest BCUT2D eigenvalue weighted by atomic mass is 10.0. The standard InChI is InChI=1S/C23H28N4O2S/c1-16-8-5-6-9-20(16)27-17(2)24-26(23(27)30)15-25-13-7-10-21(25)19-14-18(28-3)11-12-22(19)29-4/h5-6,8-9,11-12,14,21H,7,10,13,15H2,1-4H3. The number of rotatable bonds is 6. The monoisotopic (exact) mass is 424 g/mol. The number of likely N-dealkylation sites (tertiary alicyclic amines) is 1. The third-order valence-corrected chi connectivity index (χ3v) is 6.23. The highest BCUT2D eigenvalue weighted by Crippen LogP contribution is 2.39. The summed E-state index contributed by atoms with van der Waals surface area (Å²) in [4.78, 5) is 2.42. The molecule has 158 valence electrons. The molecule has 1 fully saturated rings. The van der Waals surface area contributed by atoms with Crippen LogP contribution in [0.25, 0.3) is 5.69 Å². The molecule has 2 aromatic carbocycles. The van der Waals surface area contributed by atoms with E-state index in [1.807, 2.05) is 35.9 Å². The minimum Gasteiger partial charge on any atom is -0.497 e. The molecular weight excluding hydrogens is 396 g/mol. The number of para-hydroxylation sites is 1. The number of methoxy groups -OCH3 is 2. The van der Waals surface area contributed by atoms with Gasteiger partial charge in [0, 0.05) is 18.2 Å². The molecular formula is C23H28N4O2S. The van der Waals surface area contributed by atoms with E-state index in [0.29, 0.717) is 11.4 Å². The van der Waals surface area contributed by atoms with E-state index in [9.17, 15) is 0 Å². The van der Waals surface area contributed by atoms with Crippen LogP contribution >= 0.6 is 12.2 Å². The van der Waals surface area contributed by atoms with Gasteiger partial charge in [-0.15, -0.1) is 0 Å². The summed E-state index contributed by atoms with van der Waals surface area (Å²) in [5, 5.41) is 4.77. The van der Waals surface area contributed by atoms with Crippen LogP contribution in [0, 0.1) is 18.6 Å². The molecule has 7 heteroatoms.